The van der Waals surface area contributed by atoms with E-state index in [0.717, 1.165) is 82.3 Å². The van der Waals surface area contributed by atoms with Gasteiger partial charge in [0.15, 0.2) is 5.82 Å². The zero-order valence-corrected chi connectivity index (χ0v) is 25.4. The summed E-state index contributed by atoms with van der Waals surface area (Å²) >= 11 is 6.65. The van der Waals surface area contributed by atoms with Crippen LogP contribution in [0.3, 0.4) is 0 Å². The van der Waals surface area contributed by atoms with Gasteiger partial charge in [0.25, 0.3) is 0 Å². The average Bonchev–Trinajstić information content (AvgIpc) is 3.92. The molecule has 2 saturated carbocycles. The molecule has 0 unspecified atom stereocenters. The smallest absolute Gasteiger partial charge is 0.319 e. The second-order valence-corrected chi connectivity index (χ2v) is 14.5. The molecule has 4 aliphatic heterocycles. The molecule has 9 rings (SSSR count). The van der Waals surface area contributed by atoms with Crippen LogP contribution in [-0.4, -0.2) is 81.5 Å². The second kappa shape index (κ2) is 10.1. The highest BCUT2D eigenvalue weighted by atomic mass is 35.5. The Kier molecular flexibility index (Phi) is 6.30. The number of piperazine rings is 1. The lowest BCUT2D eigenvalue weighted by molar-refractivity contribution is 0.107. The molecule has 6 heterocycles. The molecular formula is C33H37ClF2N6O2. The molecule has 8 nitrogen and oxygen atoms in total. The van der Waals surface area contributed by atoms with Gasteiger partial charge < -0.3 is 20.1 Å². The van der Waals surface area contributed by atoms with Crippen molar-refractivity contribution in [3.05, 3.63) is 34.2 Å². The number of fused-ring (bicyclic) bond motifs is 4. The van der Waals surface area contributed by atoms with E-state index in [9.17, 15) is 9.50 Å². The molecule has 6 aliphatic rings. The Morgan fingerprint density at radius 3 is 2.55 bits per heavy atom. The van der Waals surface area contributed by atoms with E-state index in [1.807, 2.05) is 0 Å². The molecule has 2 bridgehead atoms. The molecule has 2 aromatic heterocycles. The number of aromatic hydroxyl groups is 1. The van der Waals surface area contributed by atoms with E-state index in [-0.39, 0.29) is 47.0 Å². The SMILES string of the molecule is Oc1cc(Cl)c(C2CC2)c(-c2nc(C3CC3)c3c(N4C[C@H]5CC[C@@H](C4)N5)nc(OC[C@@]45CCCN4C[C@H](F)C5)nc3c2F)c1. The van der Waals surface area contributed by atoms with E-state index in [2.05, 4.69) is 15.1 Å². The van der Waals surface area contributed by atoms with Gasteiger partial charge >= 0.3 is 6.01 Å². The molecule has 1 aromatic carbocycles. The number of aromatic nitrogens is 3. The highest BCUT2D eigenvalue weighted by molar-refractivity contribution is 6.32. The van der Waals surface area contributed by atoms with Gasteiger partial charge in [-0.1, -0.05) is 11.6 Å². The number of pyridine rings is 1. The van der Waals surface area contributed by atoms with Crippen molar-refractivity contribution < 1.29 is 18.6 Å². The minimum atomic E-state index is -0.870. The Morgan fingerprint density at radius 2 is 1.80 bits per heavy atom. The number of hydrogen-bond donors (Lipinski definition) is 2. The summed E-state index contributed by atoms with van der Waals surface area (Å²) in [6.07, 6.45) is 7.52. The summed E-state index contributed by atoms with van der Waals surface area (Å²) in [4.78, 5) is 19.3. The van der Waals surface area contributed by atoms with E-state index in [1.54, 1.807) is 6.07 Å². The van der Waals surface area contributed by atoms with Crippen LogP contribution in [0.5, 0.6) is 11.8 Å². The molecule has 232 valence electrons. The third-order valence-corrected chi connectivity index (χ3v) is 11.2. The number of nitrogens with zero attached hydrogens (tertiary/aromatic N) is 5. The minimum Gasteiger partial charge on any atom is -0.508 e. The molecule has 4 saturated heterocycles. The number of halogens is 3. The molecule has 2 aliphatic carbocycles. The van der Waals surface area contributed by atoms with Gasteiger partial charge in [-0.2, -0.15) is 9.97 Å². The Labute approximate surface area is 260 Å². The van der Waals surface area contributed by atoms with Crippen LogP contribution in [0.15, 0.2) is 12.1 Å². The first kappa shape index (κ1) is 27.5. The normalized spacial score (nSPS) is 30.0. The summed E-state index contributed by atoms with van der Waals surface area (Å²) in [6, 6.07) is 3.94. The molecule has 11 heteroatoms. The highest BCUT2D eigenvalue weighted by Gasteiger charge is 2.49. The first-order valence-corrected chi connectivity index (χ1v) is 16.7. The molecule has 44 heavy (non-hydrogen) atoms. The van der Waals surface area contributed by atoms with Gasteiger partial charge in [-0.25, -0.2) is 13.8 Å². The van der Waals surface area contributed by atoms with Gasteiger partial charge in [-0.15, -0.1) is 0 Å². The number of phenolic OH excluding ortho intramolecular Hbond substituents is 1. The van der Waals surface area contributed by atoms with Crippen molar-refractivity contribution in [1.29, 1.82) is 0 Å². The summed E-state index contributed by atoms with van der Waals surface area (Å²) in [5.41, 5.74) is 2.17. The lowest BCUT2D eigenvalue weighted by Gasteiger charge is -2.35. The maximum absolute atomic E-state index is 17.0. The number of hydrogen-bond acceptors (Lipinski definition) is 8. The number of ether oxygens (including phenoxy) is 1. The maximum Gasteiger partial charge on any atom is 0.319 e. The van der Waals surface area contributed by atoms with Gasteiger partial charge in [0.1, 0.15) is 35.6 Å². The predicted octanol–water partition coefficient (Wildman–Crippen LogP) is 5.84. The molecule has 3 aromatic rings. The Hall–Kier alpha value is -2.82. The van der Waals surface area contributed by atoms with Crippen LogP contribution in [-0.2, 0) is 0 Å². The van der Waals surface area contributed by atoms with Crippen LogP contribution >= 0.6 is 11.6 Å². The van der Waals surface area contributed by atoms with Crippen LogP contribution in [0.25, 0.3) is 22.2 Å². The van der Waals surface area contributed by atoms with E-state index in [0.29, 0.717) is 46.8 Å². The first-order chi connectivity index (χ1) is 21.3. The van der Waals surface area contributed by atoms with Crippen molar-refractivity contribution in [1.82, 2.24) is 25.2 Å². The van der Waals surface area contributed by atoms with Crippen LogP contribution in [0.2, 0.25) is 5.02 Å². The Balaban J connectivity index is 1.21. The van der Waals surface area contributed by atoms with Crippen molar-refractivity contribution in [3.8, 4) is 23.0 Å². The van der Waals surface area contributed by atoms with Gasteiger partial charge in [0.05, 0.1) is 16.6 Å². The Morgan fingerprint density at radius 1 is 1.02 bits per heavy atom. The standard InChI is InChI=1S/C33H37ClF2N6O2/c34-24-11-22(43)10-23(25(24)17-2-3-17)29-27(36)30-26(28(38-29)18-4-5-18)31(41-14-20-6-7-21(15-41)37-20)40-32(39-30)44-16-33-8-1-9-42(33)13-19(35)12-33/h10-11,17-21,37,43H,1-9,12-16H2/t19-,20-,21+,33+/m1/s1. The first-order valence-electron chi connectivity index (χ1n) is 16.3. The fourth-order valence-electron chi connectivity index (χ4n) is 8.49. The number of alkyl halides is 1. The summed E-state index contributed by atoms with van der Waals surface area (Å²) in [7, 11) is 0. The topological polar surface area (TPSA) is 86.6 Å². The summed E-state index contributed by atoms with van der Waals surface area (Å²) in [5, 5.41) is 15.3. The minimum absolute atomic E-state index is 0.0181. The van der Waals surface area contributed by atoms with Gasteiger partial charge in [0.2, 0.25) is 0 Å². The van der Waals surface area contributed by atoms with Crippen LogP contribution < -0.4 is 15.0 Å². The lowest BCUT2D eigenvalue weighted by atomic mass is 9.95. The molecule has 0 radical (unpaired) electrons. The third kappa shape index (κ3) is 4.54. The highest BCUT2D eigenvalue weighted by Crippen LogP contribution is 2.51. The van der Waals surface area contributed by atoms with E-state index >= 15 is 4.39 Å². The predicted molar refractivity (Wildman–Crippen MR) is 164 cm³/mol. The van der Waals surface area contributed by atoms with Crippen LogP contribution in [0.1, 0.15) is 80.9 Å². The van der Waals surface area contributed by atoms with Gasteiger partial charge in [-0.05, 0) is 81.5 Å². The van der Waals surface area contributed by atoms with E-state index in [1.165, 1.54) is 6.07 Å². The van der Waals surface area contributed by atoms with Gasteiger partial charge in [-0.3, -0.25) is 4.90 Å². The molecule has 0 spiro atoms. The number of nitrogens with one attached hydrogen (secondary N) is 1. The second-order valence-electron chi connectivity index (χ2n) is 14.1. The number of phenols is 1. The molecule has 4 atom stereocenters. The fraction of sp³-hybridized carbons (Fsp3) is 0.606. The maximum atomic E-state index is 17.0. The zero-order chi connectivity index (χ0) is 29.7. The van der Waals surface area contributed by atoms with Crippen LogP contribution in [0.4, 0.5) is 14.6 Å². The molecule has 2 N–H and O–H groups in total. The molecular weight excluding hydrogens is 586 g/mol. The van der Waals surface area contributed by atoms with Crippen molar-refractivity contribution >= 4 is 28.3 Å². The van der Waals surface area contributed by atoms with Gasteiger partial charge in [0, 0.05) is 54.6 Å². The van der Waals surface area contributed by atoms with Crippen LogP contribution in [0, 0.1) is 5.82 Å². The summed E-state index contributed by atoms with van der Waals surface area (Å²) < 4.78 is 37.9. The zero-order valence-electron chi connectivity index (χ0n) is 24.7. The summed E-state index contributed by atoms with van der Waals surface area (Å²) in [6.45, 7) is 3.10. The third-order valence-electron chi connectivity index (χ3n) is 10.8. The van der Waals surface area contributed by atoms with Crippen molar-refractivity contribution in [2.24, 2.45) is 0 Å². The number of anilines is 1. The van der Waals surface area contributed by atoms with Crippen molar-refractivity contribution in [2.45, 2.75) is 93.4 Å². The quantitative estimate of drug-likeness (QED) is 0.340. The van der Waals surface area contributed by atoms with Crippen molar-refractivity contribution in [2.75, 3.05) is 37.7 Å². The monoisotopic (exact) mass is 622 g/mol. The largest absolute Gasteiger partial charge is 0.508 e. The number of benzene rings is 1. The van der Waals surface area contributed by atoms with Crippen molar-refractivity contribution in [3.63, 3.8) is 0 Å². The fourth-order valence-corrected chi connectivity index (χ4v) is 8.86. The molecule has 0 amide bonds. The number of rotatable bonds is 7. The summed E-state index contributed by atoms with van der Waals surface area (Å²) in [5.74, 6) is 0.513. The van der Waals surface area contributed by atoms with E-state index < -0.39 is 12.0 Å². The Bertz CT molecular complexity index is 1660. The van der Waals surface area contributed by atoms with E-state index in [4.69, 9.17) is 31.3 Å². The lowest BCUT2D eigenvalue weighted by Crippen LogP contribution is -2.51. The molecule has 6 fully saturated rings. The average molecular weight is 623 g/mol.